The number of ether oxygens (including phenoxy) is 1. The molecular weight excluding hydrogens is 414 g/mol. The van der Waals surface area contributed by atoms with Gasteiger partial charge in [-0.15, -0.1) is 0 Å². The number of nitrogens with zero attached hydrogens (tertiary/aromatic N) is 4. The largest absolute Gasteiger partial charge is 0.478 e. The number of aromatic nitrogens is 2. The van der Waals surface area contributed by atoms with Crippen molar-refractivity contribution in [3.8, 4) is 5.88 Å². The Bertz CT molecular complexity index is 996. The van der Waals surface area contributed by atoms with Crippen LogP contribution in [0.3, 0.4) is 0 Å². The molecule has 0 bridgehead atoms. The van der Waals surface area contributed by atoms with Crippen molar-refractivity contribution in [3.63, 3.8) is 0 Å². The Morgan fingerprint density at radius 3 is 2.67 bits per heavy atom. The molecule has 1 aliphatic carbocycles. The molecule has 0 unspecified atom stereocenters. The minimum atomic E-state index is -0.191. The second-order valence-electron chi connectivity index (χ2n) is 10.2. The Balaban J connectivity index is 1.02. The van der Waals surface area contributed by atoms with Gasteiger partial charge in [-0.1, -0.05) is 19.9 Å². The fraction of sp³-hybridized carbons (Fsp3) is 0.577. The zero-order chi connectivity index (χ0) is 22.8. The number of fused-ring (bicyclic) bond motifs is 1. The molecule has 1 saturated heterocycles. The van der Waals surface area contributed by atoms with Crippen LogP contribution >= 0.6 is 0 Å². The van der Waals surface area contributed by atoms with Gasteiger partial charge in [-0.3, -0.25) is 9.69 Å². The summed E-state index contributed by atoms with van der Waals surface area (Å²) in [7, 11) is 0. The van der Waals surface area contributed by atoms with Crippen LogP contribution in [0.1, 0.15) is 63.1 Å². The lowest BCUT2D eigenvalue weighted by atomic mass is 9.79. The molecule has 3 aliphatic rings. The number of unbranched alkanes of at least 4 members (excludes halogenated alkanes) is 1. The average molecular weight is 450 g/mol. The van der Waals surface area contributed by atoms with E-state index in [4.69, 9.17) is 9.72 Å². The maximum absolute atomic E-state index is 11.9. The molecule has 0 spiro atoms. The third kappa shape index (κ3) is 5.29. The second kappa shape index (κ2) is 9.29. The second-order valence-corrected chi connectivity index (χ2v) is 10.2. The SMILES string of the molecule is CC1(C)CC(=O)Nc2nc(OCCCCN3CCN(c4cccc(C5CC5)n4)CC3)ccc21. The third-order valence-corrected chi connectivity index (χ3v) is 7.03. The minimum Gasteiger partial charge on any atom is -0.478 e. The predicted octanol–water partition coefficient (Wildman–Crippen LogP) is 3.96. The van der Waals surface area contributed by atoms with Gasteiger partial charge in [-0.2, -0.15) is 4.98 Å². The molecule has 0 aromatic carbocycles. The van der Waals surface area contributed by atoms with Gasteiger partial charge in [-0.05, 0) is 50.4 Å². The summed E-state index contributed by atoms with van der Waals surface area (Å²) >= 11 is 0. The fourth-order valence-electron chi connectivity index (χ4n) is 4.87. The highest BCUT2D eigenvalue weighted by atomic mass is 16.5. The van der Waals surface area contributed by atoms with Crippen molar-refractivity contribution in [1.29, 1.82) is 0 Å². The van der Waals surface area contributed by atoms with E-state index < -0.39 is 0 Å². The molecule has 7 heteroatoms. The first kappa shape index (κ1) is 22.1. The predicted molar refractivity (Wildman–Crippen MR) is 130 cm³/mol. The smallest absolute Gasteiger partial charge is 0.226 e. The summed E-state index contributed by atoms with van der Waals surface area (Å²) in [5.41, 5.74) is 2.15. The van der Waals surface area contributed by atoms with Crippen molar-refractivity contribution in [1.82, 2.24) is 14.9 Å². The molecular formula is C26H35N5O2. The van der Waals surface area contributed by atoms with Crippen LogP contribution in [-0.2, 0) is 10.2 Å². The number of nitrogens with one attached hydrogen (secondary N) is 1. The van der Waals surface area contributed by atoms with Crippen LogP contribution in [0, 0.1) is 0 Å². The molecule has 7 nitrogen and oxygen atoms in total. The van der Waals surface area contributed by atoms with Crippen LogP contribution < -0.4 is 15.0 Å². The first-order valence-corrected chi connectivity index (χ1v) is 12.4. The van der Waals surface area contributed by atoms with E-state index in [9.17, 15) is 4.79 Å². The summed E-state index contributed by atoms with van der Waals surface area (Å²) in [6.45, 7) is 10.1. The highest BCUT2D eigenvalue weighted by Crippen LogP contribution is 2.39. The molecule has 2 aromatic heterocycles. The zero-order valence-electron chi connectivity index (χ0n) is 19.8. The lowest BCUT2D eigenvalue weighted by molar-refractivity contribution is -0.117. The number of amides is 1. The normalized spacial score (nSPS) is 20.3. The maximum atomic E-state index is 11.9. The Morgan fingerprint density at radius 1 is 1.06 bits per heavy atom. The summed E-state index contributed by atoms with van der Waals surface area (Å²) in [5, 5.41) is 2.88. The molecule has 1 saturated carbocycles. The first-order chi connectivity index (χ1) is 16.0. The molecule has 4 heterocycles. The van der Waals surface area contributed by atoms with Crippen LogP contribution in [0.2, 0.25) is 0 Å². The molecule has 2 aliphatic heterocycles. The van der Waals surface area contributed by atoms with Gasteiger partial charge in [0.1, 0.15) is 11.6 Å². The number of hydrogen-bond acceptors (Lipinski definition) is 6. The number of hydrogen-bond donors (Lipinski definition) is 1. The summed E-state index contributed by atoms with van der Waals surface area (Å²) in [4.78, 5) is 26.3. The standard InChI is InChI=1S/C26H35N5O2/c1-26(2)18-23(32)28-25-20(26)10-11-24(29-25)33-17-4-3-12-30-13-15-31(16-14-30)22-7-5-6-21(27-22)19-8-9-19/h5-7,10-11,19H,3-4,8-9,12-18H2,1-2H3,(H,28,29,32). The monoisotopic (exact) mass is 449 g/mol. The number of carbonyl (C=O) groups is 1. The average Bonchev–Trinajstić information content (AvgIpc) is 3.64. The van der Waals surface area contributed by atoms with Crippen molar-refractivity contribution in [2.45, 2.75) is 57.3 Å². The van der Waals surface area contributed by atoms with E-state index in [-0.39, 0.29) is 11.3 Å². The highest BCUT2D eigenvalue weighted by molar-refractivity contribution is 5.94. The van der Waals surface area contributed by atoms with Crippen molar-refractivity contribution in [2.75, 3.05) is 49.5 Å². The number of piperazine rings is 1. The lowest BCUT2D eigenvalue weighted by Crippen LogP contribution is -2.47. The Morgan fingerprint density at radius 2 is 1.88 bits per heavy atom. The number of anilines is 2. The summed E-state index contributed by atoms with van der Waals surface area (Å²) in [6, 6.07) is 10.4. The first-order valence-electron chi connectivity index (χ1n) is 12.4. The van der Waals surface area contributed by atoms with Gasteiger partial charge in [0, 0.05) is 61.3 Å². The van der Waals surface area contributed by atoms with E-state index in [2.05, 4.69) is 52.1 Å². The highest BCUT2D eigenvalue weighted by Gasteiger charge is 2.33. The molecule has 1 amide bonds. The molecule has 33 heavy (non-hydrogen) atoms. The van der Waals surface area contributed by atoms with Crippen molar-refractivity contribution in [3.05, 3.63) is 41.6 Å². The van der Waals surface area contributed by atoms with E-state index in [0.29, 0.717) is 30.6 Å². The van der Waals surface area contributed by atoms with Crippen LogP contribution in [-0.4, -0.2) is 60.1 Å². The molecule has 1 N–H and O–H groups in total. The molecule has 0 radical (unpaired) electrons. The van der Waals surface area contributed by atoms with Gasteiger partial charge < -0.3 is 15.0 Å². The quantitative estimate of drug-likeness (QED) is 0.616. The third-order valence-electron chi connectivity index (χ3n) is 7.03. The van der Waals surface area contributed by atoms with Gasteiger partial charge in [0.25, 0.3) is 0 Å². The summed E-state index contributed by atoms with van der Waals surface area (Å²) < 4.78 is 5.88. The Labute approximate surface area is 196 Å². The Kier molecular flexibility index (Phi) is 6.23. The van der Waals surface area contributed by atoms with E-state index in [1.165, 1.54) is 18.5 Å². The van der Waals surface area contributed by atoms with E-state index in [1.54, 1.807) is 0 Å². The molecule has 2 aromatic rings. The minimum absolute atomic E-state index is 0.0173. The van der Waals surface area contributed by atoms with E-state index >= 15 is 0 Å². The molecule has 176 valence electrons. The van der Waals surface area contributed by atoms with Crippen molar-refractivity contribution >= 4 is 17.5 Å². The Hall–Kier alpha value is -2.67. The lowest BCUT2D eigenvalue weighted by Gasteiger charge is -2.35. The van der Waals surface area contributed by atoms with E-state index in [1.807, 2.05) is 12.1 Å². The van der Waals surface area contributed by atoms with Gasteiger partial charge >= 0.3 is 0 Å². The van der Waals surface area contributed by atoms with Crippen molar-refractivity contribution in [2.24, 2.45) is 0 Å². The molecule has 5 rings (SSSR count). The van der Waals surface area contributed by atoms with Crippen LogP contribution in [0.25, 0.3) is 0 Å². The number of pyridine rings is 2. The molecule has 2 fully saturated rings. The van der Waals surface area contributed by atoms with Gasteiger partial charge in [0.05, 0.1) is 6.61 Å². The molecule has 0 atom stereocenters. The van der Waals surface area contributed by atoms with Crippen LogP contribution in [0.15, 0.2) is 30.3 Å². The topological polar surface area (TPSA) is 70.6 Å². The van der Waals surface area contributed by atoms with E-state index in [0.717, 1.165) is 56.9 Å². The number of carbonyl (C=O) groups excluding carboxylic acids is 1. The number of rotatable bonds is 8. The maximum Gasteiger partial charge on any atom is 0.226 e. The van der Waals surface area contributed by atoms with Crippen LogP contribution in [0.5, 0.6) is 5.88 Å². The summed E-state index contributed by atoms with van der Waals surface area (Å²) in [5.74, 6) is 3.09. The fourth-order valence-corrected chi connectivity index (χ4v) is 4.87. The zero-order valence-corrected chi connectivity index (χ0v) is 19.8. The van der Waals surface area contributed by atoms with Gasteiger partial charge in [0.15, 0.2) is 0 Å². The summed E-state index contributed by atoms with van der Waals surface area (Å²) in [6.07, 6.45) is 5.17. The van der Waals surface area contributed by atoms with Gasteiger partial charge in [0.2, 0.25) is 11.8 Å². The van der Waals surface area contributed by atoms with Crippen molar-refractivity contribution < 1.29 is 9.53 Å². The van der Waals surface area contributed by atoms with Gasteiger partial charge in [-0.25, -0.2) is 4.98 Å². The van der Waals surface area contributed by atoms with Crippen LogP contribution in [0.4, 0.5) is 11.6 Å².